The molecule has 100 valence electrons. The van der Waals surface area contributed by atoms with Crippen LogP contribution in [0.5, 0.6) is 0 Å². The van der Waals surface area contributed by atoms with Crippen molar-refractivity contribution in [1.29, 1.82) is 0 Å². The number of rotatable bonds is 2. The largest absolute Gasteiger partial charge is 0.397 e. The lowest BCUT2D eigenvalue weighted by atomic mass is 10.2. The lowest BCUT2D eigenvalue weighted by molar-refractivity contribution is 0.103. The van der Waals surface area contributed by atoms with Crippen LogP contribution in [0.4, 0.5) is 11.4 Å². The molecule has 2 heterocycles. The van der Waals surface area contributed by atoms with Crippen LogP contribution in [0.25, 0.3) is 10.2 Å². The molecule has 6 heteroatoms. The molecule has 3 rings (SSSR count). The number of hydrogen-bond donors (Lipinski definition) is 2. The Kier molecular flexibility index (Phi) is 3.58. The Hall–Kier alpha value is -1.67. The van der Waals surface area contributed by atoms with Crippen molar-refractivity contribution >= 4 is 61.4 Å². The zero-order chi connectivity index (χ0) is 14.1. The summed E-state index contributed by atoms with van der Waals surface area (Å²) in [6.45, 7) is 0. The highest BCUT2D eigenvalue weighted by atomic mass is 127. The number of hydrogen-bond acceptors (Lipinski definition) is 4. The van der Waals surface area contributed by atoms with Crippen LogP contribution in [0.15, 0.2) is 42.6 Å². The van der Waals surface area contributed by atoms with E-state index in [2.05, 4.69) is 32.9 Å². The van der Waals surface area contributed by atoms with Gasteiger partial charge in [-0.05, 0) is 52.9 Å². The summed E-state index contributed by atoms with van der Waals surface area (Å²) in [7, 11) is 0. The number of pyridine rings is 1. The number of carbonyl (C=O) groups is 1. The van der Waals surface area contributed by atoms with Crippen molar-refractivity contribution in [2.75, 3.05) is 11.1 Å². The topological polar surface area (TPSA) is 68.0 Å². The Morgan fingerprint density at radius 3 is 2.90 bits per heavy atom. The number of aromatic nitrogens is 1. The fraction of sp³-hybridized carbons (Fsp3) is 0. The number of carbonyl (C=O) groups excluding carboxylic acids is 1. The predicted octanol–water partition coefficient (Wildman–Crippen LogP) is 3.74. The summed E-state index contributed by atoms with van der Waals surface area (Å²) >= 11 is 3.51. The Balaban J connectivity index is 1.95. The van der Waals surface area contributed by atoms with Gasteiger partial charge in [0.05, 0.1) is 5.69 Å². The second kappa shape index (κ2) is 5.37. The number of halogens is 1. The molecule has 0 saturated heterocycles. The molecule has 0 radical (unpaired) electrons. The van der Waals surface area contributed by atoms with E-state index in [0.717, 1.165) is 19.5 Å². The van der Waals surface area contributed by atoms with E-state index in [4.69, 9.17) is 5.73 Å². The van der Waals surface area contributed by atoms with Crippen molar-refractivity contribution < 1.29 is 4.79 Å². The molecular weight excluding hydrogens is 385 g/mol. The molecule has 3 N–H and O–H groups in total. The Morgan fingerprint density at radius 1 is 1.30 bits per heavy atom. The van der Waals surface area contributed by atoms with Gasteiger partial charge in [-0.2, -0.15) is 0 Å². The van der Waals surface area contributed by atoms with Crippen LogP contribution in [-0.4, -0.2) is 10.9 Å². The van der Waals surface area contributed by atoms with E-state index in [9.17, 15) is 4.79 Å². The van der Waals surface area contributed by atoms with Gasteiger partial charge in [-0.3, -0.25) is 4.79 Å². The van der Waals surface area contributed by atoms with Crippen molar-refractivity contribution in [1.82, 2.24) is 4.98 Å². The van der Waals surface area contributed by atoms with Crippen molar-refractivity contribution in [3.63, 3.8) is 0 Å². The maximum atomic E-state index is 12.3. The summed E-state index contributed by atoms with van der Waals surface area (Å²) in [4.78, 5) is 17.8. The van der Waals surface area contributed by atoms with E-state index in [-0.39, 0.29) is 5.91 Å². The number of nitrogens with one attached hydrogen (secondary N) is 1. The number of amides is 1. The van der Waals surface area contributed by atoms with Crippen LogP contribution in [-0.2, 0) is 0 Å². The van der Waals surface area contributed by atoms with Gasteiger partial charge in [-0.15, -0.1) is 11.3 Å². The van der Waals surface area contributed by atoms with Gasteiger partial charge in [-0.1, -0.05) is 6.07 Å². The minimum absolute atomic E-state index is 0.201. The monoisotopic (exact) mass is 395 g/mol. The first-order valence-electron chi connectivity index (χ1n) is 5.85. The fourth-order valence-corrected chi connectivity index (χ4v) is 3.38. The summed E-state index contributed by atoms with van der Waals surface area (Å²) in [5, 5.41) is 3.68. The third kappa shape index (κ3) is 2.48. The van der Waals surface area contributed by atoms with Gasteiger partial charge in [-0.25, -0.2) is 4.98 Å². The van der Waals surface area contributed by atoms with Crippen LogP contribution in [0.3, 0.4) is 0 Å². The molecule has 0 aliphatic carbocycles. The van der Waals surface area contributed by atoms with Crippen LogP contribution in [0.2, 0.25) is 0 Å². The first-order valence-corrected chi connectivity index (χ1v) is 7.74. The fourth-order valence-electron chi connectivity index (χ4n) is 1.87. The molecule has 4 nitrogen and oxygen atoms in total. The van der Waals surface area contributed by atoms with Crippen LogP contribution < -0.4 is 11.1 Å². The van der Waals surface area contributed by atoms with E-state index >= 15 is 0 Å². The van der Waals surface area contributed by atoms with E-state index in [0.29, 0.717) is 10.6 Å². The van der Waals surface area contributed by atoms with Crippen LogP contribution in [0, 0.1) is 3.57 Å². The minimum atomic E-state index is -0.201. The third-order valence-corrected chi connectivity index (χ3v) is 4.59. The lowest BCUT2D eigenvalue weighted by Crippen LogP contribution is -2.11. The molecule has 1 aromatic carbocycles. The maximum Gasteiger partial charge on any atom is 0.267 e. The van der Waals surface area contributed by atoms with E-state index < -0.39 is 0 Å². The van der Waals surface area contributed by atoms with Gasteiger partial charge in [0.25, 0.3) is 5.91 Å². The zero-order valence-electron chi connectivity index (χ0n) is 10.3. The Morgan fingerprint density at radius 2 is 2.15 bits per heavy atom. The molecule has 1 amide bonds. The number of nitrogens with zero attached hydrogens (tertiary/aromatic N) is 1. The van der Waals surface area contributed by atoms with Gasteiger partial charge in [0.1, 0.15) is 9.71 Å². The lowest BCUT2D eigenvalue weighted by Gasteiger charge is -2.04. The molecule has 0 spiro atoms. The molecule has 0 atom stereocenters. The van der Waals surface area contributed by atoms with Crippen LogP contribution in [0.1, 0.15) is 9.67 Å². The normalized spacial score (nSPS) is 10.7. The van der Waals surface area contributed by atoms with Gasteiger partial charge in [0.2, 0.25) is 0 Å². The number of nitrogen functional groups attached to an aromatic ring is 1. The highest BCUT2D eigenvalue weighted by molar-refractivity contribution is 14.1. The van der Waals surface area contributed by atoms with E-state index in [1.165, 1.54) is 11.3 Å². The number of benzene rings is 1. The standard InChI is InChI=1S/C14H10IN3OS/c15-8-3-1-4-9(7-8)18-13(19)12-11(16)10-5-2-6-17-14(10)20-12/h1-7H,16H2,(H,18,19). The molecule has 0 fully saturated rings. The minimum Gasteiger partial charge on any atom is -0.397 e. The number of fused-ring (bicyclic) bond motifs is 1. The molecule has 0 saturated carbocycles. The molecule has 20 heavy (non-hydrogen) atoms. The summed E-state index contributed by atoms with van der Waals surface area (Å²) in [5.74, 6) is -0.201. The number of anilines is 2. The second-order valence-electron chi connectivity index (χ2n) is 4.17. The summed E-state index contributed by atoms with van der Waals surface area (Å²) in [5.41, 5.74) is 7.28. The zero-order valence-corrected chi connectivity index (χ0v) is 13.2. The quantitative estimate of drug-likeness (QED) is 0.650. The first-order chi connectivity index (χ1) is 9.65. The summed E-state index contributed by atoms with van der Waals surface area (Å²) < 4.78 is 1.06. The Labute approximate surface area is 133 Å². The van der Waals surface area contributed by atoms with Crippen molar-refractivity contribution in [3.05, 3.63) is 51.0 Å². The molecule has 0 aliphatic heterocycles. The van der Waals surface area contributed by atoms with Gasteiger partial charge >= 0.3 is 0 Å². The third-order valence-electron chi connectivity index (χ3n) is 2.79. The van der Waals surface area contributed by atoms with Gasteiger partial charge in [0, 0.05) is 20.8 Å². The highest BCUT2D eigenvalue weighted by Crippen LogP contribution is 2.32. The summed E-state index contributed by atoms with van der Waals surface area (Å²) in [6.07, 6.45) is 1.69. The number of nitrogens with two attached hydrogens (primary N) is 1. The average Bonchev–Trinajstić information content (AvgIpc) is 2.77. The maximum absolute atomic E-state index is 12.3. The van der Waals surface area contributed by atoms with Crippen molar-refractivity contribution in [2.45, 2.75) is 0 Å². The smallest absolute Gasteiger partial charge is 0.267 e. The van der Waals surface area contributed by atoms with E-state index in [1.807, 2.05) is 36.4 Å². The van der Waals surface area contributed by atoms with Gasteiger partial charge in [0.15, 0.2) is 0 Å². The first kappa shape index (κ1) is 13.3. The molecular formula is C14H10IN3OS. The predicted molar refractivity (Wildman–Crippen MR) is 91.1 cm³/mol. The van der Waals surface area contributed by atoms with E-state index in [1.54, 1.807) is 6.20 Å². The SMILES string of the molecule is Nc1c(C(=O)Nc2cccc(I)c2)sc2ncccc12. The highest BCUT2D eigenvalue weighted by Gasteiger charge is 2.16. The van der Waals surface area contributed by atoms with Crippen molar-refractivity contribution in [3.8, 4) is 0 Å². The molecule has 0 aliphatic rings. The molecule has 3 aromatic rings. The number of thiophene rings is 1. The van der Waals surface area contributed by atoms with Gasteiger partial charge < -0.3 is 11.1 Å². The van der Waals surface area contributed by atoms with Crippen molar-refractivity contribution in [2.24, 2.45) is 0 Å². The second-order valence-corrected chi connectivity index (χ2v) is 6.41. The average molecular weight is 395 g/mol. The molecule has 0 unspecified atom stereocenters. The molecule has 2 aromatic heterocycles. The molecule has 0 bridgehead atoms. The Bertz CT molecular complexity index is 800. The summed E-state index contributed by atoms with van der Waals surface area (Å²) in [6, 6.07) is 11.3. The van der Waals surface area contributed by atoms with Crippen LogP contribution >= 0.6 is 33.9 Å².